The van der Waals surface area contributed by atoms with Gasteiger partial charge in [-0.1, -0.05) is 0 Å². The van der Waals surface area contributed by atoms with Gasteiger partial charge in [0.05, 0.1) is 22.4 Å². The van der Waals surface area contributed by atoms with E-state index in [1.165, 1.54) is 0 Å². The van der Waals surface area contributed by atoms with Gasteiger partial charge < -0.3 is 19.8 Å². The van der Waals surface area contributed by atoms with Crippen LogP contribution in [0.5, 0.6) is 0 Å². The molecular formula is C4H4Na2O4S2. The van der Waals surface area contributed by atoms with Gasteiger partial charge in [-0.2, -0.15) is 25.3 Å². The molecule has 0 rings (SSSR count). The van der Waals surface area contributed by atoms with Crippen molar-refractivity contribution in [3.05, 3.63) is 0 Å². The molecule has 0 spiro atoms. The molecule has 0 fully saturated rings. The van der Waals surface area contributed by atoms with Crippen molar-refractivity contribution in [1.29, 1.82) is 0 Å². The van der Waals surface area contributed by atoms with Gasteiger partial charge in [0, 0.05) is 0 Å². The van der Waals surface area contributed by atoms with Crippen LogP contribution < -0.4 is 69.3 Å². The van der Waals surface area contributed by atoms with E-state index in [1.54, 1.807) is 0 Å². The zero-order chi connectivity index (χ0) is 8.31. The van der Waals surface area contributed by atoms with Gasteiger partial charge in [0.25, 0.3) is 0 Å². The Morgan fingerprint density at radius 1 is 0.917 bits per heavy atom. The van der Waals surface area contributed by atoms with Gasteiger partial charge in [0.2, 0.25) is 0 Å². The van der Waals surface area contributed by atoms with E-state index in [1.807, 2.05) is 0 Å². The van der Waals surface area contributed by atoms with E-state index < -0.39 is 22.4 Å². The van der Waals surface area contributed by atoms with Gasteiger partial charge in [-0.3, -0.25) is 0 Å². The Kier molecular flexibility index (Phi) is 14.8. The first-order valence-electron chi connectivity index (χ1n) is 2.24. The minimum Gasteiger partial charge on any atom is -0.549 e. The Hall–Kier alpha value is 1.64. The van der Waals surface area contributed by atoms with Crippen LogP contribution in [-0.4, -0.2) is 22.4 Å². The largest absolute Gasteiger partial charge is 1.00 e. The van der Waals surface area contributed by atoms with Gasteiger partial charge in [-0.15, -0.1) is 0 Å². The zero-order valence-corrected chi connectivity index (χ0v) is 12.5. The number of carboxylic acids is 2. The molecule has 0 aromatic carbocycles. The molecule has 8 heteroatoms. The van der Waals surface area contributed by atoms with Crippen molar-refractivity contribution in [2.45, 2.75) is 10.5 Å². The summed E-state index contributed by atoms with van der Waals surface area (Å²) < 4.78 is 0. The van der Waals surface area contributed by atoms with E-state index in [0.717, 1.165) is 0 Å². The maximum atomic E-state index is 9.92. The topological polar surface area (TPSA) is 80.3 Å². The van der Waals surface area contributed by atoms with Crippen LogP contribution >= 0.6 is 25.3 Å². The first kappa shape index (κ1) is 19.2. The Morgan fingerprint density at radius 3 is 1.17 bits per heavy atom. The summed E-state index contributed by atoms with van der Waals surface area (Å²) in [5.41, 5.74) is 0. The number of thiol groups is 2. The number of carbonyl (C=O) groups excluding carboxylic acids is 2. The first-order chi connectivity index (χ1) is 4.46. The van der Waals surface area contributed by atoms with Crippen LogP contribution in [-0.2, 0) is 9.59 Å². The average Bonchev–Trinajstić information content (AvgIpc) is 1.84. The van der Waals surface area contributed by atoms with Gasteiger partial charge >= 0.3 is 59.1 Å². The number of rotatable bonds is 3. The monoisotopic (exact) mass is 226 g/mol. The van der Waals surface area contributed by atoms with Crippen LogP contribution in [0.2, 0.25) is 0 Å². The summed E-state index contributed by atoms with van der Waals surface area (Å²) in [5, 5.41) is 17.0. The molecule has 0 saturated heterocycles. The normalized spacial score (nSPS) is 13.2. The molecule has 0 amide bonds. The van der Waals surface area contributed by atoms with Crippen molar-refractivity contribution in [3.8, 4) is 0 Å². The van der Waals surface area contributed by atoms with Crippen LogP contribution in [0, 0.1) is 0 Å². The molecule has 0 aliphatic heterocycles. The Bertz CT molecular complexity index is 147. The van der Waals surface area contributed by atoms with Crippen molar-refractivity contribution < 1.29 is 78.9 Å². The van der Waals surface area contributed by atoms with E-state index in [2.05, 4.69) is 25.3 Å². The minimum atomic E-state index is -1.58. The molecule has 0 saturated carbocycles. The second-order valence-electron chi connectivity index (χ2n) is 1.53. The zero-order valence-electron chi connectivity index (χ0n) is 6.68. The minimum absolute atomic E-state index is 0. The molecule has 2 unspecified atom stereocenters. The van der Waals surface area contributed by atoms with Gasteiger partial charge in [-0.25, -0.2) is 0 Å². The van der Waals surface area contributed by atoms with E-state index in [0.29, 0.717) is 0 Å². The summed E-state index contributed by atoms with van der Waals surface area (Å²) in [6.45, 7) is 0. The van der Waals surface area contributed by atoms with Crippen molar-refractivity contribution in [3.63, 3.8) is 0 Å². The summed E-state index contributed by atoms with van der Waals surface area (Å²) in [6.07, 6.45) is 0. The predicted octanol–water partition coefficient (Wildman–Crippen LogP) is -8.91. The third-order valence-electron chi connectivity index (χ3n) is 0.782. The maximum Gasteiger partial charge on any atom is 1.00 e. The third kappa shape index (κ3) is 7.08. The maximum absolute atomic E-state index is 9.92. The average molecular weight is 226 g/mol. The summed E-state index contributed by atoms with van der Waals surface area (Å²) in [7, 11) is 0. The third-order valence-corrected chi connectivity index (χ3v) is 2.04. The molecule has 0 aliphatic rings. The summed E-state index contributed by atoms with van der Waals surface area (Å²) in [5.74, 6) is -3.15. The molecule has 4 nitrogen and oxygen atoms in total. The van der Waals surface area contributed by atoms with Crippen LogP contribution in [0.4, 0.5) is 0 Å². The SMILES string of the molecule is O=C([O-])C(S)C(S)C(=O)[O-].[Na+].[Na+]. The Balaban J connectivity index is -0.000000405. The second kappa shape index (κ2) is 9.21. The molecule has 0 heterocycles. The van der Waals surface area contributed by atoms with E-state index in [-0.39, 0.29) is 59.1 Å². The van der Waals surface area contributed by atoms with Gasteiger partial charge in [0.1, 0.15) is 0 Å². The van der Waals surface area contributed by atoms with E-state index in [9.17, 15) is 19.8 Å². The second-order valence-corrected chi connectivity index (χ2v) is 2.64. The number of hydrogen-bond acceptors (Lipinski definition) is 6. The number of aliphatic carboxylic acids is 2. The molecule has 2 atom stereocenters. The number of carboxylic acid groups (broad SMARTS) is 2. The molecule has 0 aromatic heterocycles. The molecule has 0 radical (unpaired) electrons. The Labute approximate surface area is 125 Å². The van der Waals surface area contributed by atoms with Gasteiger partial charge in [0.15, 0.2) is 0 Å². The molecular weight excluding hydrogens is 222 g/mol. The quantitative estimate of drug-likeness (QED) is 0.370. The molecule has 0 aromatic rings. The summed E-state index contributed by atoms with van der Waals surface area (Å²) in [4.78, 5) is 19.8. The summed E-state index contributed by atoms with van der Waals surface area (Å²) >= 11 is 6.80. The van der Waals surface area contributed by atoms with Gasteiger partial charge in [-0.05, 0) is 0 Å². The van der Waals surface area contributed by atoms with E-state index >= 15 is 0 Å². The number of carbonyl (C=O) groups is 2. The molecule has 0 bridgehead atoms. The van der Waals surface area contributed by atoms with Crippen molar-refractivity contribution in [1.82, 2.24) is 0 Å². The molecule has 58 valence electrons. The molecule has 0 aliphatic carbocycles. The van der Waals surface area contributed by atoms with Crippen molar-refractivity contribution in [2.75, 3.05) is 0 Å². The van der Waals surface area contributed by atoms with E-state index in [4.69, 9.17) is 0 Å². The first-order valence-corrected chi connectivity index (χ1v) is 3.28. The predicted molar refractivity (Wildman–Crippen MR) is 35.6 cm³/mol. The van der Waals surface area contributed by atoms with Crippen molar-refractivity contribution >= 4 is 37.2 Å². The van der Waals surface area contributed by atoms with Crippen LogP contribution in [0.15, 0.2) is 0 Å². The summed E-state index contributed by atoms with van der Waals surface area (Å²) in [6, 6.07) is 0. The molecule has 0 N–H and O–H groups in total. The van der Waals surface area contributed by atoms with Crippen LogP contribution in [0.3, 0.4) is 0 Å². The van der Waals surface area contributed by atoms with Crippen LogP contribution in [0.25, 0.3) is 0 Å². The fourth-order valence-corrected chi connectivity index (χ4v) is 0.501. The van der Waals surface area contributed by atoms with Crippen molar-refractivity contribution in [2.24, 2.45) is 0 Å². The number of hydrogen-bond donors (Lipinski definition) is 2. The fourth-order valence-electron chi connectivity index (χ4n) is 0.258. The standard InChI is InChI=1S/C4H6O4S2.2Na/c5-3(6)1(9)2(10)4(7)8;;/h1-2,9-10H,(H,5,6)(H,7,8);;/q;2*+1/p-2. The van der Waals surface area contributed by atoms with Crippen LogP contribution in [0.1, 0.15) is 0 Å². The smallest absolute Gasteiger partial charge is 0.549 e. The Morgan fingerprint density at radius 2 is 1.08 bits per heavy atom. The molecule has 12 heavy (non-hydrogen) atoms. The fraction of sp³-hybridized carbons (Fsp3) is 0.500.